The minimum absolute atomic E-state index is 0.146. The Hall–Kier alpha value is -0.620. The van der Waals surface area contributed by atoms with Crippen LogP contribution in [0.2, 0.25) is 0 Å². The lowest BCUT2D eigenvalue weighted by Gasteiger charge is -2.33. The van der Waals surface area contributed by atoms with Gasteiger partial charge in [0.25, 0.3) is 0 Å². The Labute approximate surface area is 125 Å². The zero-order chi connectivity index (χ0) is 14.8. The largest absolute Gasteiger partial charge is 0.391 e. The average Bonchev–Trinajstić information content (AvgIpc) is 2.43. The summed E-state index contributed by atoms with van der Waals surface area (Å²) in [6.07, 6.45) is 0.820. The van der Waals surface area contributed by atoms with Crippen LogP contribution in [0.25, 0.3) is 0 Å². The van der Waals surface area contributed by atoms with Gasteiger partial charge in [-0.15, -0.1) is 11.6 Å². The van der Waals surface area contributed by atoms with Crippen LogP contribution >= 0.6 is 11.6 Å². The van der Waals surface area contributed by atoms with E-state index in [1.165, 1.54) is 4.31 Å². The van der Waals surface area contributed by atoms with E-state index in [1.54, 1.807) is 24.3 Å². The predicted molar refractivity (Wildman–Crippen MR) is 79.4 cm³/mol. The number of nitrogens with zero attached hydrogens (tertiary/aromatic N) is 1. The molecule has 0 amide bonds. The summed E-state index contributed by atoms with van der Waals surface area (Å²) in [7, 11) is -3.51. The van der Waals surface area contributed by atoms with Crippen molar-refractivity contribution in [2.75, 3.05) is 19.0 Å². The minimum atomic E-state index is -3.51. The van der Waals surface area contributed by atoms with Crippen molar-refractivity contribution in [1.82, 2.24) is 4.31 Å². The second kappa shape index (κ2) is 6.43. The van der Waals surface area contributed by atoms with E-state index in [2.05, 4.69) is 0 Å². The third-order valence-electron chi connectivity index (χ3n) is 3.83. The first-order valence-electron chi connectivity index (χ1n) is 6.78. The van der Waals surface area contributed by atoms with Crippen molar-refractivity contribution in [1.29, 1.82) is 0 Å². The van der Waals surface area contributed by atoms with Gasteiger partial charge in [-0.05, 0) is 36.5 Å². The van der Waals surface area contributed by atoms with Crippen LogP contribution in [0.4, 0.5) is 0 Å². The van der Waals surface area contributed by atoms with E-state index in [4.69, 9.17) is 11.6 Å². The van der Waals surface area contributed by atoms with Gasteiger partial charge in [-0.1, -0.05) is 19.1 Å². The van der Waals surface area contributed by atoms with Crippen LogP contribution in [0.1, 0.15) is 18.9 Å². The lowest BCUT2D eigenvalue weighted by molar-refractivity contribution is 0.0605. The number of rotatable bonds is 4. The van der Waals surface area contributed by atoms with E-state index in [1.807, 2.05) is 6.92 Å². The standard InChI is InChI=1S/C14H20ClNO3S/c1-11-7-9-16(10-14(11)17)20(18,19)13-4-2-12(3-5-13)6-8-15/h2-5,11,14,17H,6-10H2,1H3. The Morgan fingerprint density at radius 1 is 1.35 bits per heavy atom. The molecule has 0 aromatic heterocycles. The highest BCUT2D eigenvalue weighted by Crippen LogP contribution is 2.24. The second-order valence-corrected chi connectivity index (χ2v) is 7.60. The van der Waals surface area contributed by atoms with Gasteiger partial charge in [0.2, 0.25) is 10.0 Å². The normalized spacial score (nSPS) is 24.8. The molecule has 0 aliphatic carbocycles. The number of aliphatic hydroxyl groups is 1. The monoisotopic (exact) mass is 317 g/mol. The summed E-state index contributed by atoms with van der Waals surface area (Å²) >= 11 is 5.66. The number of hydrogen-bond acceptors (Lipinski definition) is 3. The molecule has 20 heavy (non-hydrogen) atoms. The van der Waals surface area contributed by atoms with E-state index in [9.17, 15) is 13.5 Å². The molecule has 1 aromatic carbocycles. The summed E-state index contributed by atoms with van der Waals surface area (Å²) in [6, 6.07) is 6.81. The number of aryl methyl sites for hydroxylation is 1. The molecule has 4 nitrogen and oxygen atoms in total. The first kappa shape index (κ1) is 15.8. The molecular formula is C14H20ClNO3S. The van der Waals surface area contributed by atoms with E-state index in [0.29, 0.717) is 18.8 Å². The zero-order valence-corrected chi connectivity index (χ0v) is 13.1. The number of piperidine rings is 1. The number of hydrogen-bond donors (Lipinski definition) is 1. The van der Waals surface area contributed by atoms with Crippen molar-refractivity contribution < 1.29 is 13.5 Å². The van der Waals surface area contributed by atoms with Gasteiger partial charge >= 0.3 is 0 Å². The van der Waals surface area contributed by atoms with Crippen LogP contribution < -0.4 is 0 Å². The fourth-order valence-corrected chi connectivity index (χ4v) is 4.02. The molecule has 6 heteroatoms. The van der Waals surface area contributed by atoms with Crippen LogP contribution in [-0.4, -0.2) is 42.9 Å². The third-order valence-corrected chi connectivity index (χ3v) is 5.89. The van der Waals surface area contributed by atoms with Crippen molar-refractivity contribution >= 4 is 21.6 Å². The Kier molecular flexibility index (Phi) is 5.07. The Balaban J connectivity index is 2.17. The van der Waals surface area contributed by atoms with Crippen LogP contribution in [0.5, 0.6) is 0 Å². The molecule has 1 saturated heterocycles. The third kappa shape index (κ3) is 3.34. The summed E-state index contributed by atoms with van der Waals surface area (Å²) in [5.74, 6) is 0.662. The van der Waals surface area contributed by atoms with Gasteiger partial charge in [0, 0.05) is 19.0 Å². The summed E-state index contributed by atoms with van der Waals surface area (Å²) < 4.78 is 26.4. The maximum Gasteiger partial charge on any atom is 0.243 e. The molecule has 1 N–H and O–H groups in total. The van der Waals surface area contributed by atoms with Gasteiger partial charge in [-0.25, -0.2) is 8.42 Å². The van der Waals surface area contributed by atoms with Gasteiger partial charge in [0.15, 0.2) is 0 Å². The quantitative estimate of drug-likeness (QED) is 0.862. The number of halogens is 1. The molecule has 0 bridgehead atoms. The number of benzene rings is 1. The van der Waals surface area contributed by atoms with Gasteiger partial charge in [-0.2, -0.15) is 4.31 Å². The second-order valence-electron chi connectivity index (χ2n) is 5.28. The Bertz CT molecular complexity index is 544. The lowest BCUT2D eigenvalue weighted by Crippen LogP contribution is -2.45. The van der Waals surface area contributed by atoms with Crippen molar-refractivity contribution in [3.05, 3.63) is 29.8 Å². The van der Waals surface area contributed by atoms with Gasteiger partial charge in [0.05, 0.1) is 11.0 Å². The van der Waals surface area contributed by atoms with Crippen LogP contribution in [0, 0.1) is 5.92 Å². The smallest absolute Gasteiger partial charge is 0.243 e. The first-order valence-corrected chi connectivity index (χ1v) is 8.75. The van der Waals surface area contributed by atoms with Crippen LogP contribution in [0.15, 0.2) is 29.2 Å². The van der Waals surface area contributed by atoms with E-state index in [0.717, 1.165) is 12.0 Å². The minimum Gasteiger partial charge on any atom is -0.391 e. The van der Waals surface area contributed by atoms with E-state index in [-0.39, 0.29) is 17.4 Å². The predicted octanol–water partition coefficient (Wildman–Crippen LogP) is 1.86. The van der Waals surface area contributed by atoms with E-state index >= 15 is 0 Å². The highest BCUT2D eigenvalue weighted by Gasteiger charge is 2.32. The average molecular weight is 318 g/mol. The molecule has 2 unspecified atom stereocenters. The summed E-state index contributed by atoms with van der Waals surface area (Å²) in [4.78, 5) is 0.276. The van der Waals surface area contributed by atoms with Gasteiger partial charge in [0.1, 0.15) is 0 Å². The Morgan fingerprint density at radius 2 is 2.00 bits per heavy atom. The molecule has 2 atom stereocenters. The van der Waals surface area contributed by atoms with Crippen LogP contribution in [0.3, 0.4) is 0 Å². The summed E-state index contributed by atoms with van der Waals surface area (Å²) in [5.41, 5.74) is 1.02. The van der Waals surface area contributed by atoms with Crippen molar-refractivity contribution in [3.63, 3.8) is 0 Å². The number of β-amino-alcohol motifs (C(OH)–C–C–N with tert-alkyl or cyclic N) is 1. The highest BCUT2D eigenvalue weighted by molar-refractivity contribution is 7.89. The zero-order valence-electron chi connectivity index (χ0n) is 11.5. The Morgan fingerprint density at radius 3 is 2.55 bits per heavy atom. The molecule has 1 aliphatic rings. The number of sulfonamides is 1. The fourth-order valence-electron chi connectivity index (χ4n) is 2.32. The number of alkyl halides is 1. The SMILES string of the molecule is CC1CCN(S(=O)(=O)c2ccc(CCCl)cc2)CC1O. The summed E-state index contributed by atoms with van der Waals surface area (Å²) in [5, 5.41) is 9.85. The molecule has 112 valence electrons. The molecule has 1 fully saturated rings. The molecule has 1 aromatic rings. The maximum atomic E-state index is 12.5. The highest BCUT2D eigenvalue weighted by atomic mass is 35.5. The fraction of sp³-hybridized carbons (Fsp3) is 0.571. The maximum absolute atomic E-state index is 12.5. The number of aliphatic hydroxyl groups excluding tert-OH is 1. The molecule has 0 saturated carbocycles. The van der Waals surface area contributed by atoms with Crippen molar-refractivity contribution in [2.45, 2.75) is 30.8 Å². The van der Waals surface area contributed by atoms with Crippen LogP contribution in [-0.2, 0) is 16.4 Å². The van der Waals surface area contributed by atoms with Gasteiger partial charge < -0.3 is 5.11 Å². The molecular weight excluding hydrogens is 298 g/mol. The van der Waals surface area contributed by atoms with Crippen molar-refractivity contribution in [2.24, 2.45) is 5.92 Å². The van der Waals surface area contributed by atoms with Gasteiger partial charge in [-0.3, -0.25) is 0 Å². The molecule has 0 radical (unpaired) electrons. The molecule has 0 spiro atoms. The lowest BCUT2D eigenvalue weighted by atomic mass is 9.98. The summed E-state index contributed by atoms with van der Waals surface area (Å²) in [6.45, 7) is 2.58. The molecule has 2 rings (SSSR count). The molecule has 1 heterocycles. The molecule has 1 aliphatic heterocycles. The topological polar surface area (TPSA) is 57.6 Å². The van der Waals surface area contributed by atoms with Crippen molar-refractivity contribution in [3.8, 4) is 0 Å². The first-order chi connectivity index (χ1) is 9.45. The van der Waals surface area contributed by atoms with E-state index < -0.39 is 16.1 Å².